The predicted molar refractivity (Wildman–Crippen MR) is 119 cm³/mol. The van der Waals surface area contributed by atoms with Gasteiger partial charge in [-0.05, 0) is 50.3 Å². The van der Waals surface area contributed by atoms with E-state index in [0.29, 0.717) is 25.6 Å². The number of sulfonamides is 1. The van der Waals surface area contributed by atoms with Gasteiger partial charge in [-0.25, -0.2) is 17.5 Å². The van der Waals surface area contributed by atoms with E-state index in [0.717, 1.165) is 23.6 Å². The Morgan fingerprint density at radius 2 is 1.85 bits per heavy atom. The van der Waals surface area contributed by atoms with Crippen LogP contribution < -0.4 is 15.4 Å². The molecule has 150 valence electrons. The molecule has 0 aliphatic rings. The van der Waals surface area contributed by atoms with Crippen molar-refractivity contribution >= 4 is 51.7 Å². The van der Waals surface area contributed by atoms with Gasteiger partial charge in [0.15, 0.2) is 5.96 Å². The van der Waals surface area contributed by atoms with Gasteiger partial charge in [0.25, 0.3) is 0 Å². The average molecular weight is 518 g/mol. The molecule has 0 aromatic heterocycles. The maximum absolute atomic E-state index is 12.8. The van der Waals surface area contributed by atoms with Crippen LogP contribution in [0.3, 0.4) is 0 Å². The number of hydrogen-bond acceptors (Lipinski definition) is 4. The van der Waals surface area contributed by atoms with Gasteiger partial charge >= 0.3 is 0 Å². The van der Waals surface area contributed by atoms with Crippen molar-refractivity contribution in [2.75, 3.05) is 37.7 Å². The van der Waals surface area contributed by atoms with Gasteiger partial charge < -0.3 is 10.6 Å². The molecule has 0 bridgehead atoms. The summed E-state index contributed by atoms with van der Waals surface area (Å²) < 4.78 is 38.0. The van der Waals surface area contributed by atoms with Gasteiger partial charge in [-0.3, -0.25) is 4.99 Å². The van der Waals surface area contributed by atoms with Gasteiger partial charge in [-0.1, -0.05) is 0 Å². The molecule has 1 rings (SSSR count). The topological polar surface area (TPSA) is 82.6 Å². The first-order valence-corrected chi connectivity index (χ1v) is 11.0. The highest BCUT2D eigenvalue weighted by Crippen LogP contribution is 2.18. The van der Waals surface area contributed by atoms with E-state index in [9.17, 15) is 12.8 Å². The first-order chi connectivity index (χ1) is 12.0. The highest BCUT2D eigenvalue weighted by Gasteiger charge is 2.04. The predicted octanol–water partition coefficient (Wildman–Crippen LogP) is 2.42. The summed E-state index contributed by atoms with van der Waals surface area (Å²) in [5, 5.41) is 6.22. The molecule has 26 heavy (non-hydrogen) atoms. The number of hydrogen-bond donors (Lipinski definition) is 3. The molecule has 0 aliphatic heterocycles. The van der Waals surface area contributed by atoms with Gasteiger partial charge in [0, 0.05) is 31.1 Å². The SMILES string of the molecule is CCNC(=NCCCSc1ccc(F)cc1)NCCNS(=O)(=O)CC.I. The van der Waals surface area contributed by atoms with Crippen LogP contribution in [0, 0.1) is 5.82 Å². The number of guanidine groups is 1. The molecule has 0 amide bonds. The van der Waals surface area contributed by atoms with Gasteiger partial charge in [-0.2, -0.15) is 0 Å². The minimum atomic E-state index is -3.16. The molecular formula is C16H28FIN4O2S2. The van der Waals surface area contributed by atoms with Gasteiger partial charge in [0.05, 0.1) is 5.75 Å². The molecule has 1 aromatic rings. The van der Waals surface area contributed by atoms with Crippen molar-refractivity contribution in [3.63, 3.8) is 0 Å². The molecule has 1 aromatic carbocycles. The van der Waals surface area contributed by atoms with Crippen molar-refractivity contribution in [2.24, 2.45) is 4.99 Å². The number of aliphatic imine (C=N–C) groups is 1. The van der Waals surface area contributed by atoms with Crippen molar-refractivity contribution < 1.29 is 12.8 Å². The summed E-state index contributed by atoms with van der Waals surface area (Å²) in [6.07, 6.45) is 0.890. The molecule has 0 radical (unpaired) electrons. The maximum Gasteiger partial charge on any atom is 0.211 e. The molecule has 6 nitrogen and oxygen atoms in total. The van der Waals surface area contributed by atoms with E-state index in [2.05, 4.69) is 20.3 Å². The summed E-state index contributed by atoms with van der Waals surface area (Å²) in [7, 11) is -3.16. The minimum Gasteiger partial charge on any atom is -0.357 e. The lowest BCUT2D eigenvalue weighted by Gasteiger charge is -2.11. The summed E-state index contributed by atoms with van der Waals surface area (Å²) in [6, 6.07) is 6.46. The van der Waals surface area contributed by atoms with Crippen LogP contribution in [0.4, 0.5) is 4.39 Å². The lowest BCUT2D eigenvalue weighted by atomic mass is 10.4. The number of benzene rings is 1. The summed E-state index contributed by atoms with van der Waals surface area (Å²) in [6.45, 7) is 5.75. The number of rotatable bonds is 11. The molecule has 0 heterocycles. The fourth-order valence-electron chi connectivity index (χ4n) is 1.81. The molecule has 0 spiro atoms. The van der Waals surface area contributed by atoms with E-state index < -0.39 is 10.0 Å². The smallest absolute Gasteiger partial charge is 0.211 e. The number of thioether (sulfide) groups is 1. The van der Waals surface area contributed by atoms with Crippen LogP contribution in [0.5, 0.6) is 0 Å². The number of nitrogens with one attached hydrogen (secondary N) is 3. The molecule has 10 heteroatoms. The lowest BCUT2D eigenvalue weighted by Crippen LogP contribution is -2.41. The third-order valence-corrected chi connectivity index (χ3v) is 5.62. The maximum atomic E-state index is 12.8. The zero-order valence-electron chi connectivity index (χ0n) is 15.1. The Kier molecular flexibility index (Phi) is 14.1. The Balaban J connectivity index is 0.00000625. The average Bonchev–Trinajstić information content (AvgIpc) is 2.60. The Labute approximate surface area is 177 Å². The van der Waals surface area contributed by atoms with Crippen LogP contribution in [-0.4, -0.2) is 52.1 Å². The van der Waals surface area contributed by atoms with E-state index in [4.69, 9.17) is 0 Å². The van der Waals surface area contributed by atoms with Crippen LogP contribution in [-0.2, 0) is 10.0 Å². The van der Waals surface area contributed by atoms with E-state index in [1.54, 1.807) is 30.8 Å². The molecule has 0 fully saturated rings. The van der Waals surface area contributed by atoms with Crippen LogP contribution in [0.2, 0.25) is 0 Å². The summed E-state index contributed by atoms with van der Waals surface area (Å²) in [5.74, 6) is 1.42. The Morgan fingerprint density at radius 3 is 2.46 bits per heavy atom. The Hall–Kier alpha value is -0.590. The molecule has 0 unspecified atom stereocenters. The van der Waals surface area contributed by atoms with E-state index >= 15 is 0 Å². The molecule has 0 saturated carbocycles. The van der Waals surface area contributed by atoms with E-state index in [1.165, 1.54) is 12.1 Å². The lowest BCUT2D eigenvalue weighted by molar-refractivity contribution is 0.582. The first kappa shape index (κ1) is 25.4. The first-order valence-electron chi connectivity index (χ1n) is 8.34. The molecule has 0 aliphatic carbocycles. The van der Waals surface area contributed by atoms with Gasteiger partial charge in [0.1, 0.15) is 5.82 Å². The van der Waals surface area contributed by atoms with Gasteiger partial charge in [0.2, 0.25) is 10.0 Å². The Bertz CT molecular complexity index is 628. The highest BCUT2D eigenvalue weighted by molar-refractivity contribution is 14.0. The second kappa shape index (κ2) is 14.5. The zero-order chi connectivity index (χ0) is 18.5. The highest BCUT2D eigenvalue weighted by atomic mass is 127. The standard InChI is InChI=1S/C16H27FN4O2S2.HI/c1-3-18-16(20-11-12-21-25(22,23)4-2)19-10-5-13-24-15-8-6-14(17)7-9-15;/h6-9,21H,3-5,10-13H2,1-2H3,(H2,18,19,20);1H. The fraction of sp³-hybridized carbons (Fsp3) is 0.562. The largest absolute Gasteiger partial charge is 0.357 e. The van der Waals surface area contributed by atoms with Crippen molar-refractivity contribution in [2.45, 2.75) is 25.2 Å². The normalized spacial score (nSPS) is 11.7. The van der Waals surface area contributed by atoms with Crippen LogP contribution in [0.1, 0.15) is 20.3 Å². The summed E-state index contributed by atoms with van der Waals surface area (Å²) >= 11 is 1.67. The zero-order valence-corrected chi connectivity index (χ0v) is 19.1. The van der Waals surface area contributed by atoms with Crippen LogP contribution in [0.25, 0.3) is 0 Å². The van der Waals surface area contributed by atoms with Crippen LogP contribution >= 0.6 is 35.7 Å². The van der Waals surface area contributed by atoms with Crippen molar-refractivity contribution in [1.29, 1.82) is 0 Å². The third kappa shape index (κ3) is 11.9. The molecule has 0 atom stereocenters. The Morgan fingerprint density at radius 1 is 1.15 bits per heavy atom. The summed E-state index contributed by atoms with van der Waals surface area (Å²) in [4.78, 5) is 5.50. The third-order valence-electron chi connectivity index (χ3n) is 3.12. The minimum absolute atomic E-state index is 0. The second-order valence-corrected chi connectivity index (χ2v) is 8.40. The fourth-order valence-corrected chi connectivity index (χ4v) is 3.26. The van der Waals surface area contributed by atoms with Crippen molar-refractivity contribution in [3.05, 3.63) is 30.1 Å². The van der Waals surface area contributed by atoms with E-state index in [1.807, 2.05) is 6.92 Å². The summed E-state index contributed by atoms with van der Waals surface area (Å²) in [5.41, 5.74) is 0. The number of nitrogens with zero attached hydrogens (tertiary/aromatic N) is 1. The molecule has 0 saturated heterocycles. The van der Waals surface area contributed by atoms with Crippen LogP contribution in [0.15, 0.2) is 34.2 Å². The van der Waals surface area contributed by atoms with Crippen molar-refractivity contribution in [3.8, 4) is 0 Å². The van der Waals surface area contributed by atoms with Crippen molar-refractivity contribution in [1.82, 2.24) is 15.4 Å². The monoisotopic (exact) mass is 518 g/mol. The molecule has 3 N–H and O–H groups in total. The second-order valence-electron chi connectivity index (χ2n) is 5.14. The quantitative estimate of drug-likeness (QED) is 0.138. The molecular weight excluding hydrogens is 490 g/mol. The van der Waals surface area contributed by atoms with E-state index in [-0.39, 0.29) is 35.5 Å². The number of halogens is 2. The van der Waals surface area contributed by atoms with Gasteiger partial charge in [-0.15, -0.1) is 35.7 Å².